The van der Waals surface area contributed by atoms with Crippen LogP contribution in [0.15, 0.2) is 27.9 Å². The smallest absolute Gasteiger partial charge is 0.294 e. The van der Waals surface area contributed by atoms with Crippen LogP contribution in [0.25, 0.3) is 5.69 Å². The van der Waals surface area contributed by atoms with Gasteiger partial charge in [0.05, 0.1) is 10.6 Å². The number of benzene rings is 1. The van der Waals surface area contributed by atoms with Crippen molar-refractivity contribution < 1.29 is 13.0 Å². The normalized spacial score (nSPS) is 11.8. The van der Waals surface area contributed by atoms with Crippen LogP contribution in [0.2, 0.25) is 0 Å². The maximum absolute atomic E-state index is 11.7. The first-order valence-corrected chi connectivity index (χ1v) is 7.02. The molecule has 19 heavy (non-hydrogen) atoms. The van der Waals surface area contributed by atoms with E-state index in [2.05, 4.69) is 5.10 Å². The molecule has 0 saturated heterocycles. The summed E-state index contributed by atoms with van der Waals surface area (Å²) in [6, 6.07) is 4.35. The van der Waals surface area contributed by atoms with Crippen molar-refractivity contribution in [3.63, 3.8) is 0 Å². The van der Waals surface area contributed by atoms with E-state index in [4.69, 9.17) is 4.55 Å². The van der Waals surface area contributed by atoms with Crippen molar-refractivity contribution in [1.82, 2.24) is 9.78 Å². The predicted octanol–water partition coefficient (Wildman–Crippen LogP) is 1.34. The van der Waals surface area contributed by atoms with Gasteiger partial charge in [-0.1, -0.05) is 0 Å². The average Bonchev–Trinajstić information content (AvgIpc) is 2.59. The van der Waals surface area contributed by atoms with Crippen molar-refractivity contribution in [3.05, 3.63) is 45.4 Å². The lowest BCUT2D eigenvalue weighted by Gasteiger charge is -2.10. The topological polar surface area (TPSA) is 92.2 Å². The lowest BCUT2D eigenvalue weighted by atomic mass is 10.1. The third-order valence-corrected chi connectivity index (χ3v) is 3.86. The zero-order valence-corrected chi connectivity index (χ0v) is 11.6. The molecule has 0 aliphatic carbocycles. The summed E-state index contributed by atoms with van der Waals surface area (Å²) in [4.78, 5) is 11.6. The number of hydrogen-bond acceptors (Lipinski definition) is 3. The summed E-state index contributed by atoms with van der Waals surface area (Å²) in [5, 5.41) is 2.88. The van der Waals surface area contributed by atoms with E-state index in [0.29, 0.717) is 22.5 Å². The van der Waals surface area contributed by atoms with Crippen molar-refractivity contribution in [2.75, 3.05) is 0 Å². The van der Waals surface area contributed by atoms with Gasteiger partial charge in [0, 0.05) is 11.8 Å². The molecular weight excluding hydrogens is 268 g/mol. The number of nitrogens with one attached hydrogen (secondary N) is 1. The third kappa shape index (κ3) is 2.47. The fraction of sp³-hybridized carbons (Fsp3) is 0.250. The van der Waals surface area contributed by atoms with Gasteiger partial charge in [0.1, 0.15) is 0 Å². The molecule has 6 nitrogen and oxygen atoms in total. The number of aromatic nitrogens is 2. The first-order valence-electron chi connectivity index (χ1n) is 5.58. The highest BCUT2D eigenvalue weighted by Gasteiger charge is 2.16. The van der Waals surface area contributed by atoms with Gasteiger partial charge in [-0.25, -0.2) is 4.68 Å². The molecule has 0 bridgehead atoms. The highest BCUT2D eigenvalue weighted by Crippen LogP contribution is 2.22. The van der Waals surface area contributed by atoms with Crippen LogP contribution in [0, 0.1) is 20.8 Å². The highest BCUT2D eigenvalue weighted by molar-refractivity contribution is 7.85. The van der Waals surface area contributed by atoms with Crippen LogP contribution in [0.3, 0.4) is 0 Å². The van der Waals surface area contributed by atoms with Crippen LogP contribution in [-0.2, 0) is 10.1 Å². The molecule has 0 saturated carbocycles. The molecule has 0 aliphatic rings. The number of rotatable bonds is 2. The molecule has 0 amide bonds. The molecule has 2 N–H and O–H groups in total. The van der Waals surface area contributed by atoms with E-state index in [-0.39, 0.29) is 10.5 Å². The van der Waals surface area contributed by atoms with Crippen molar-refractivity contribution in [3.8, 4) is 5.69 Å². The Hall–Kier alpha value is -1.86. The Morgan fingerprint density at radius 1 is 1.11 bits per heavy atom. The molecule has 0 spiro atoms. The average molecular weight is 282 g/mol. The minimum Gasteiger partial charge on any atom is -0.295 e. The van der Waals surface area contributed by atoms with Crippen LogP contribution < -0.4 is 5.56 Å². The molecule has 102 valence electrons. The van der Waals surface area contributed by atoms with Crippen molar-refractivity contribution in [2.45, 2.75) is 25.7 Å². The Balaban J connectivity index is 2.72. The van der Waals surface area contributed by atoms with Crippen LogP contribution in [-0.4, -0.2) is 22.8 Å². The fourth-order valence-corrected chi connectivity index (χ4v) is 2.78. The number of nitrogens with zero attached hydrogens (tertiary/aromatic N) is 1. The van der Waals surface area contributed by atoms with Crippen LogP contribution in [0.1, 0.15) is 16.8 Å². The summed E-state index contributed by atoms with van der Waals surface area (Å²) in [5.41, 5.74) is 1.99. The summed E-state index contributed by atoms with van der Waals surface area (Å²) >= 11 is 0. The zero-order chi connectivity index (χ0) is 14.4. The van der Waals surface area contributed by atoms with Crippen molar-refractivity contribution in [1.29, 1.82) is 0 Å². The fourth-order valence-electron chi connectivity index (χ4n) is 1.99. The molecule has 2 aromatic rings. The van der Waals surface area contributed by atoms with Gasteiger partial charge in [0.25, 0.3) is 15.7 Å². The molecule has 1 aromatic heterocycles. The standard InChI is InChI=1S/C12H14N2O4S/c1-7-5-11(19(16,17)18)8(2)4-10(7)14-12(15)6-9(3)13-14/h4-6,13H,1-3H3,(H,16,17,18). The van der Waals surface area contributed by atoms with Gasteiger partial charge in [-0.2, -0.15) is 8.42 Å². The Kier molecular flexibility index (Phi) is 3.11. The SMILES string of the molecule is Cc1cc(=O)n(-c2cc(C)c(S(=O)(=O)O)cc2C)[nH]1. The zero-order valence-electron chi connectivity index (χ0n) is 10.8. The second-order valence-electron chi connectivity index (χ2n) is 4.49. The quantitative estimate of drug-likeness (QED) is 0.813. The lowest BCUT2D eigenvalue weighted by molar-refractivity contribution is 0.482. The second-order valence-corrected chi connectivity index (χ2v) is 5.88. The molecule has 0 atom stereocenters. The molecule has 2 rings (SSSR count). The first kappa shape index (κ1) is 13.6. The molecule has 7 heteroatoms. The maximum atomic E-state index is 11.7. The molecule has 0 fully saturated rings. The van der Waals surface area contributed by atoms with Gasteiger partial charge in [0.2, 0.25) is 0 Å². The van der Waals surface area contributed by atoms with Gasteiger partial charge in [-0.15, -0.1) is 0 Å². The predicted molar refractivity (Wildman–Crippen MR) is 70.4 cm³/mol. The van der Waals surface area contributed by atoms with Crippen LogP contribution in [0.5, 0.6) is 0 Å². The number of aromatic amines is 1. The summed E-state index contributed by atoms with van der Waals surface area (Å²) in [5.74, 6) is 0. The van der Waals surface area contributed by atoms with Gasteiger partial charge >= 0.3 is 0 Å². The van der Waals surface area contributed by atoms with E-state index >= 15 is 0 Å². The molecule has 0 unspecified atom stereocenters. The summed E-state index contributed by atoms with van der Waals surface area (Å²) in [6.45, 7) is 4.99. The Labute approximate surface area is 110 Å². The van der Waals surface area contributed by atoms with E-state index in [1.807, 2.05) is 0 Å². The Morgan fingerprint density at radius 2 is 1.74 bits per heavy atom. The number of H-pyrrole nitrogens is 1. The van der Waals surface area contributed by atoms with Gasteiger partial charge in [-0.3, -0.25) is 14.4 Å². The van der Waals surface area contributed by atoms with Gasteiger partial charge in [0.15, 0.2) is 0 Å². The lowest BCUT2D eigenvalue weighted by Crippen LogP contribution is -2.15. The largest absolute Gasteiger partial charge is 0.295 e. The summed E-state index contributed by atoms with van der Waals surface area (Å²) in [6.07, 6.45) is 0. The molecule has 1 aromatic carbocycles. The molecule has 0 radical (unpaired) electrons. The molecule has 0 aliphatic heterocycles. The number of hydrogen-bond donors (Lipinski definition) is 2. The van der Waals surface area contributed by atoms with Crippen molar-refractivity contribution in [2.24, 2.45) is 0 Å². The second kappa shape index (κ2) is 4.36. The third-order valence-electron chi connectivity index (χ3n) is 2.86. The van der Waals surface area contributed by atoms with Crippen LogP contribution in [0.4, 0.5) is 0 Å². The minimum atomic E-state index is -4.26. The maximum Gasteiger partial charge on any atom is 0.294 e. The van der Waals surface area contributed by atoms with Crippen LogP contribution >= 0.6 is 0 Å². The van der Waals surface area contributed by atoms with Gasteiger partial charge in [-0.05, 0) is 44.0 Å². The summed E-state index contributed by atoms with van der Waals surface area (Å²) < 4.78 is 32.9. The monoisotopic (exact) mass is 282 g/mol. The Bertz CT molecular complexity index is 800. The molecule has 1 heterocycles. The van der Waals surface area contributed by atoms with E-state index in [9.17, 15) is 13.2 Å². The van der Waals surface area contributed by atoms with E-state index in [1.165, 1.54) is 16.8 Å². The first-order chi connectivity index (χ1) is 8.70. The van der Waals surface area contributed by atoms with Crippen molar-refractivity contribution >= 4 is 10.1 Å². The van der Waals surface area contributed by atoms with Gasteiger partial charge < -0.3 is 0 Å². The highest BCUT2D eigenvalue weighted by atomic mass is 32.2. The van der Waals surface area contributed by atoms with E-state index in [1.54, 1.807) is 26.8 Å². The summed E-state index contributed by atoms with van der Waals surface area (Å²) in [7, 11) is -4.26. The Morgan fingerprint density at radius 3 is 2.21 bits per heavy atom. The van der Waals surface area contributed by atoms with E-state index < -0.39 is 10.1 Å². The molecular formula is C12H14N2O4S. The van der Waals surface area contributed by atoms with E-state index in [0.717, 1.165) is 0 Å². The number of aryl methyl sites for hydroxylation is 3. The minimum absolute atomic E-state index is 0.148.